The van der Waals surface area contributed by atoms with Crippen molar-refractivity contribution in [2.45, 2.75) is 25.8 Å². The molecule has 1 unspecified atom stereocenters. The minimum atomic E-state index is -0.0496. The first-order valence-corrected chi connectivity index (χ1v) is 9.48. The zero-order chi connectivity index (χ0) is 17.9. The summed E-state index contributed by atoms with van der Waals surface area (Å²) in [5, 5.41) is 6.02. The van der Waals surface area contributed by atoms with Crippen molar-refractivity contribution in [3.05, 3.63) is 53.2 Å². The number of hydrogen-bond acceptors (Lipinski definition) is 6. The highest BCUT2D eigenvalue weighted by Crippen LogP contribution is 2.30. The molecule has 26 heavy (non-hydrogen) atoms. The van der Waals surface area contributed by atoms with Crippen molar-refractivity contribution in [1.29, 1.82) is 0 Å². The largest absolute Gasteiger partial charge is 0.494 e. The molecule has 6 nitrogen and oxygen atoms in total. The van der Waals surface area contributed by atoms with E-state index in [0.717, 1.165) is 16.2 Å². The van der Waals surface area contributed by atoms with Crippen LogP contribution in [0.25, 0.3) is 10.7 Å². The number of ether oxygens (including phenoxy) is 1. The fraction of sp³-hybridized carbons (Fsp3) is 0.316. The number of likely N-dealkylation sites (tertiary alicyclic amines) is 1. The molecule has 0 aliphatic carbocycles. The van der Waals surface area contributed by atoms with E-state index in [1.807, 2.05) is 53.6 Å². The van der Waals surface area contributed by atoms with Gasteiger partial charge in [-0.3, -0.25) is 4.79 Å². The first kappa shape index (κ1) is 16.8. The summed E-state index contributed by atoms with van der Waals surface area (Å²) in [6, 6.07) is 11.8. The second-order valence-electron chi connectivity index (χ2n) is 6.19. The van der Waals surface area contributed by atoms with Gasteiger partial charge in [-0.25, -0.2) is 0 Å². The average molecular weight is 369 g/mol. The molecule has 0 radical (unpaired) electrons. The monoisotopic (exact) mass is 369 g/mol. The van der Waals surface area contributed by atoms with Crippen LogP contribution < -0.4 is 4.74 Å². The third-order valence-corrected chi connectivity index (χ3v) is 5.22. The highest BCUT2D eigenvalue weighted by Gasteiger charge is 2.34. The highest BCUT2D eigenvalue weighted by atomic mass is 32.1. The molecule has 2 aromatic heterocycles. The van der Waals surface area contributed by atoms with Gasteiger partial charge in [0.1, 0.15) is 5.75 Å². The molecule has 134 valence electrons. The molecule has 4 rings (SSSR count). The molecule has 0 N–H and O–H groups in total. The van der Waals surface area contributed by atoms with Gasteiger partial charge in [0.2, 0.25) is 17.6 Å². The van der Waals surface area contributed by atoms with E-state index in [1.165, 1.54) is 0 Å². The molecule has 1 aliphatic heterocycles. The van der Waals surface area contributed by atoms with Crippen LogP contribution >= 0.6 is 11.3 Å². The van der Waals surface area contributed by atoms with Crippen LogP contribution in [0.2, 0.25) is 0 Å². The third kappa shape index (κ3) is 3.48. The number of carbonyl (C=O) groups is 1. The minimum absolute atomic E-state index is 0.0496. The normalized spacial score (nSPS) is 17.0. The smallest absolute Gasteiger partial charge is 0.232 e. The lowest BCUT2D eigenvalue weighted by atomic mass is 10.1. The molecule has 1 atom stereocenters. The molecule has 0 spiro atoms. The zero-order valence-corrected chi connectivity index (χ0v) is 15.2. The number of thiophene rings is 1. The molecular formula is C19H19N3O3S. The van der Waals surface area contributed by atoms with Gasteiger partial charge in [-0.15, -0.1) is 11.3 Å². The van der Waals surface area contributed by atoms with Crippen molar-refractivity contribution in [1.82, 2.24) is 15.0 Å². The molecule has 1 fully saturated rings. The number of aromatic nitrogens is 2. The van der Waals surface area contributed by atoms with Crippen LogP contribution in [0, 0.1) is 0 Å². The Hall–Kier alpha value is -2.67. The molecule has 0 bridgehead atoms. The van der Waals surface area contributed by atoms with Crippen molar-refractivity contribution >= 4 is 17.2 Å². The maximum Gasteiger partial charge on any atom is 0.232 e. The van der Waals surface area contributed by atoms with E-state index < -0.39 is 0 Å². The van der Waals surface area contributed by atoms with Crippen LogP contribution in [0.15, 0.2) is 46.3 Å². The molecule has 3 aromatic rings. The number of amides is 1. The topological polar surface area (TPSA) is 68.5 Å². The summed E-state index contributed by atoms with van der Waals surface area (Å²) in [6.45, 7) is 3.77. The highest BCUT2D eigenvalue weighted by molar-refractivity contribution is 7.13. The van der Waals surface area contributed by atoms with Crippen LogP contribution in [-0.2, 0) is 11.3 Å². The van der Waals surface area contributed by atoms with Gasteiger partial charge in [0.05, 0.1) is 17.4 Å². The van der Waals surface area contributed by atoms with Gasteiger partial charge in [0.25, 0.3) is 0 Å². The second kappa shape index (κ2) is 7.29. The lowest BCUT2D eigenvalue weighted by Gasteiger charge is -2.16. The maximum absolute atomic E-state index is 12.4. The van der Waals surface area contributed by atoms with E-state index in [-0.39, 0.29) is 11.8 Å². The van der Waals surface area contributed by atoms with Gasteiger partial charge in [0.15, 0.2) is 0 Å². The Morgan fingerprint density at radius 2 is 2.15 bits per heavy atom. The summed E-state index contributed by atoms with van der Waals surface area (Å²) in [4.78, 5) is 19.7. The van der Waals surface area contributed by atoms with Crippen LogP contribution in [0.4, 0.5) is 0 Å². The third-order valence-electron chi connectivity index (χ3n) is 4.35. The summed E-state index contributed by atoms with van der Waals surface area (Å²) in [7, 11) is 0. The fourth-order valence-electron chi connectivity index (χ4n) is 3.08. The van der Waals surface area contributed by atoms with Gasteiger partial charge in [-0.2, -0.15) is 4.98 Å². The van der Waals surface area contributed by atoms with E-state index in [9.17, 15) is 4.79 Å². The molecular weight excluding hydrogens is 350 g/mol. The molecule has 3 heterocycles. The van der Waals surface area contributed by atoms with Crippen LogP contribution in [0.5, 0.6) is 5.75 Å². The number of rotatable bonds is 6. The van der Waals surface area contributed by atoms with Gasteiger partial charge >= 0.3 is 0 Å². The average Bonchev–Trinajstić information content (AvgIpc) is 3.38. The van der Waals surface area contributed by atoms with Crippen LogP contribution in [0.3, 0.4) is 0 Å². The molecule has 7 heteroatoms. The Morgan fingerprint density at radius 3 is 2.88 bits per heavy atom. The van der Waals surface area contributed by atoms with Crippen molar-refractivity contribution in [3.8, 4) is 16.5 Å². The Kier molecular flexibility index (Phi) is 4.71. The fourth-order valence-corrected chi connectivity index (χ4v) is 3.72. The summed E-state index contributed by atoms with van der Waals surface area (Å²) >= 11 is 1.57. The SMILES string of the molecule is CCOc1ccc(CN2CC(c3nc(-c4cccs4)no3)CC2=O)cc1. The summed E-state index contributed by atoms with van der Waals surface area (Å²) in [5.74, 6) is 2.03. The number of nitrogens with zero attached hydrogens (tertiary/aromatic N) is 3. The van der Waals surface area contributed by atoms with E-state index >= 15 is 0 Å². The molecule has 1 aliphatic rings. The van der Waals surface area contributed by atoms with Gasteiger partial charge in [0, 0.05) is 19.5 Å². The van der Waals surface area contributed by atoms with E-state index in [4.69, 9.17) is 9.26 Å². The summed E-state index contributed by atoms with van der Waals surface area (Å²) in [6.07, 6.45) is 0.406. The van der Waals surface area contributed by atoms with E-state index in [1.54, 1.807) is 11.3 Å². The van der Waals surface area contributed by atoms with Crippen LogP contribution in [0.1, 0.15) is 30.7 Å². The summed E-state index contributed by atoms with van der Waals surface area (Å²) in [5.41, 5.74) is 1.08. The number of carbonyl (C=O) groups excluding carboxylic acids is 1. The number of hydrogen-bond donors (Lipinski definition) is 0. The Morgan fingerprint density at radius 1 is 1.31 bits per heavy atom. The molecule has 0 saturated carbocycles. The predicted molar refractivity (Wildman–Crippen MR) is 98.0 cm³/mol. The Labute approximate surface area is 155 Å². The zero-order valence-electron chi connectivity index (χ0n) is 14.4. The predicted octanol–water partition coefficient (Wildman–Crippen LogP) is 3.71. The van der Waals surface area contributed by atoms with Crippen molar-refractivity contribution < 1.29 is 14.1 Å². The first-order valence-electron chi connectivity index (χ1n) is 8.60. The van der Waals surface area contributed by atoms with Gasteiger partial charge in [-0.05, 0) is 36.1 Å². The molecule has 1 aromatic carbocycles. The second-order valence-corrected chi connectivity index (χ2v) is 7.13. The van der Waals surface area contributed by atoms with Crippen molar-refractivity contribution in [2.75, 3.05) is 13.2 Å². The van der Waals surface area contributed by atoms with Crippen LogP contribution in [-0.4, -0.2) is 34.1 Å². The van der Waals surface area contributed by atoms with Gasteiger partial charge in [-0.1, -0.05) is 23.4 Å². The molecule has 1 saturated heterocycles. The van der Waals surface area contributed by atoms with Crippen molar-refractivity contribution in [3.63, 3.8) is 0 Å². The lowest BCUT2D eigenvalue weighted by Crippen LogP contribution is -2.24. The first-order chi connectivity index (χ1) is 12.7. The van der Waals surface area contributed by atoms with Crippen molar-refractivity contribution in [2.24, 2.45) is 0 Å². The van der Waals surface area contributed by atoms with E-state index in [0.29, 0.717) is 37.8 Å². The standard InChI is InChI=1S/C19H19N3O3S/c1-2-24-15-7-5-13(6-8-15)11-22-12-14(10-17(22)23)19-20-18(21-25-19)16-4-3-9-26-16/h3-9,14H,2,10-12H2,1H3. The number of benzene rings is 1. The minimum Gasteiger partial charge on any atom is -0.494 e. The van der Waals surface area contributed by atoms with E-state index in [2.05, 4.69) is 10.1 Å². The molecule has 1 amide bonds. The summed E-state index contributed by atoms with van der Waals surface area (Å²) < 4.78 is 10.9. The Bertz CT molecular complexity index is 874. The van der Waals surface area contributed by atoms with Gasteiger partial charge < -0.3 is 14.2 Å². The quantitative estimate of drug-likeness (QED) is 0.662. The lowest BCUT2D eigenvalue weighted by molar-refractivity contribution is -0.128. The maximum atomic E-state index is 12.4. The Balaban J connectivity index is 1.42.